The van der Waals surface area contributed by atoms with Crippen LogP contribution < -0.4 is 10.6 Å². The molecule has 0 heterocycles. The Morgan fingerprint density at radius 3 is 2.27 bits per heavy atom. The summed E-state index contributed by atoms with van der Waals surface area (Å²) in [6.07, 6.45) is 9.32. The molecule has 2 N–H and O–H groups in total. The number of hydrogen-bond acceptors (Lipinski definition) is 2. The molecule has 0 bridgehead atoms. The van der Waals surface area contributed by atoms with E-state index < -0.39 is 0 Å². The molecule has 0 saturated heterocycles. The number of rotatable bonds is 8. The highest BCUT2D eigenvalue weighted by Crippen LogP contribution is 2.23. The molecule has 1 aliphatic carbocycles. The summed E-state index contributed by atoms with van der Waals surface area (Å²) in [5, 5.41) is 5.84. The zero-order valence-electron chi connectivity index (χ0n) is 14.7. The molecule has 0 unspecified atom stereocenters. The lowest BCUT2D eigenvalue weighted by atomic mass is 9.89. The first-order valence-electron chi connectivity index (χ1n) is 8.93. The first-order valence-corrected chi connectivity index (χ1v) is 8.93. The molecule has 0 aromatic heterocycles. The molecule has 2 amide bonds. The fraction of sp³-hybridized carbons (Fsp3) is 0.889. The molecular formula is C18H34N2O2. The van der Waals surface area contributed by atoms with Crippen molar-refractivity contribution in [2.45, 2.75) is 78.6 Å². The summed E-state index contributed by atoms with van der Waals surface area (Å²) in [6.45, 7) is 7.91. The van der Waals surface area contributed by atoms with Gasteiger partial charge in [-0.25, -0.2) is 0 Å². The number of nitrogens with one attached hydrogen (secondary N) is 2. The lowest BCUT2D eigenvalue weighted by Gasteiger charge is -2.20. The van der Waals surface area contributed by atoms with E-state index in [1.807, 2.05) is 0 Å². The second kappa shape index (κ2) is 9.86. The molecular weight excluding hydrogens is 276 g/mol. The van der Waals surface area contributed by atoms with Gasteiger partial charge in [-0.1, -0.05) is 46.5 Å². The van der Waals surface area contributed by atoms with Crippen LogP contribution in [0.15, 0.2) is 0 Å². The van der Waals surface area contributed by atoms with Crippen LogP contribution in [-0.2, 0) is 9.59 Å². The van der Waals surface area contributed by atoms with E-state index in [0.717, 1.165) is 45.1 Å². The Kier molecular flexibility index (Phi) is 8.51. The van der Waals surface area contributed by atoms with E-state index in [-0.39, 0.29) is 17.7 Å². The number of carbonyl (C=O) groups excluding carboxylic acids is 2. The molecule has 1 saturated carbocycles. The van der Waals surface area contributed by atoms with Crippen LogP contribution in [0.5, 0.6) is 0 Å². The largest absolute Gasteiger partial charge is 0.356 e. The Hall–Kier alpha value is -1.06. The van der Waals surface area contributed by atoms with Gasteiger partial charge in [-0.2, -0.15) is 0 Å². The average molecular weight is 310 g/mol. The topological polar surface area (TPSA) is 58.2 Å². The van der Waals surface area contributed by atoms with Crippen molar-refractivity contribution in [2.75, 3.05) is 13.1 Å². The van der Waals surface area contributed by atoms with Gasteiger partial charge >= 0.3 is 0 Å². The normalized spacial score (nSPS) is 16.3. The van der Waals surface area contributed by atoms with Crippen LogP contribution in [0.25, 0.3) is 0 Å². The minimum Gasteiger partial charge on any atom is -0.356 e. The van der Waals surface area contributed by atoms with Gasteiger partial charge in [-0.05, 0) is 31.1 Å². The van der Waals surface area contributed by atoms with Crippen LogP contribution in [0.3, 0.4) is 0 Å². The van der Waals surface area contributed by atoms with Crippen LogP contribution >= 0.6 is 0 Å². The van der Waals surface area contributed by atoms with Gasteiger partial charge in [0.1, 0.15) is 0 Å². The lowest BCUT2D eigenvalue weighted by Crippen LogP contribution is -2.35. The number of amides is 2. The Bertz CT molecular complexity index is 341. The van der Waals surface area contributed by atoms with Gasteiger partial charge in [-0.15, -0.1) is 0 Å². The third-order valence-electron chi connectivity index (χ3n) is 4.30. The number of carbonyl (C=O) groups is 2. The molecule has 0 aromatic carbocycles. The molecule has 0 spiro atoms. The SMILES string of the molecule is CC(C)(C)CCCCNC(=O)CCNC(=O)C1CCCCC1. The molecule has 4 heteroatoms. The molecule has 0 atom stereocenters. The average Bonchev–Trinajstić information content (AvgIpc) is 2.46. The van der Waals surface area contributed by atoms with E-state index in [1.54, 1.807) is 0 Å². The van der Waals surface area contributed by atoms with E-state index >= 15 is 0 Å². The third kappa shape index (κ3) is 9.06. The zero-order valence-corrected chi connectivity index (χ0v) is 14.7. The highest BCUT2D eigenvalue weighted by atomic mass is 16.2. The first kappa shape index (κ1) is 19.0. The molecule has 0 aliphatic heterocycles. The van der Waals surface area contributed by atoms with Gasteiger partial charge in [0.2, 0.25) is 11.8 Å². The van der Waals surface area contributed by atoms with Crippen molar-refractivity contribution in [3.05, 3.63) is 0 Å². The summed E-state index contributed by atoms with van der Waals surface area (Å²) < 4.78 is 0. The van der Waals surface area contributed by atoms with Crippen LogP contribution in [0.4, 0.5) is 0 Å². The molecule has 22 heavy (non-hydrogen) atoms. The van der Waals surface area contributed by atoms with Crippen molar-refractivity contribution in [3.63, 3.8) is 0 Å². The van der Waals surface area contributed by atoms with E-state index in [4.69, 9.17) is 0 Å². The number of unbranched alkanes of at least 4 members (excludes halogenated alkanes) is 1. The summed E-state index contributed by atoms with van der Waals surface area (Å²) in [4.78, 5) is 23.6. The summed E-state index contributed by atoms with van der Waals surface area (Å²) in [5.41, 5.74) is 0.368. The van der Waals surface area contributed by atoms with Crippen molar-refractivity contribution in [3.8, 4) is 0 Å². The van der Waals surface area contributed by atoms with Gasteiger partial charge in [-0.3, -0.25) is 9.59 Å². The van der Waals surface area contributed by atoms with Crippen molar-refractivity contribution in [1.29, 1.82) is 0 Å². The molecule has 4 nitrogen and oxygen atoms in total. The molecule has 1 aliphatic rings. The van der Waals surface area contributed by atoms with Gasteiger partial charge in [0.25, 0.3) is 0 Å². The predicted octanol–water partition coefficient (Wildman–Crippen LogP) is 3.41. The van der Waals surface area contributed by atoms with Crippen LogP contribution in [0, 0.1) is 11.3 Å². The first-order chi connectivity index (χ1) is 10.4. The summed E-state index contributed by atoms with van der Waals surface area (Å²) in [6, 6.07) is 0. The Morgan fingerprint density at radius 1 is 0.955 bits per heavy atom. The van der Waals surface area contributed by atoms with E-state index in [0.29, 0.717) is 18.4 Å². The van der Waals surface area contributed by atoms with E-state index in [1.165, 1.54) is 12.8 Å². The smallest absolute Gasteiger partial charge is 0.223 e. The molecule has 1 fully saturated rings. The van der Waals surface area contributed by atoms with Gasteiger partial charge in [0.05, 0.1) is 0 Å². The quantitative estimate of drug-likeness (QED) is 0.675. The molecule has 1 rings (SSSR count). The minimum absolute atomic E-state index is 0.0414. The molecule has 0 radical (unpaired) electrons. The van der Waals surface area contributed by atoms with Crippen molar-refractivity contribution < 1.29 is 9.59 Å². The maximum absolute atomic E-state index is 11.9. The maximum Gasteiger partial charge on any atom is 0.223 e. The highest BCUT2D eigenvalue weighted by Gasteiger charge is 2.20. The molecule has 128 valence electrons. The van der Waals surface area contributed by atoms with Crippen molar-refractivity contribution in [2.24, 2.45) is 11.3 Å². The van der Waals surface area contributed by atoms with Crippen molar-refractivity contribution >= 4 is 11.8 Å². The summed E-state index contributed by atoms with van der Waals surface area (Å²) in [5.74, 6) is 0.353. The monoisotopic (exact) mass is 310 g/mol. The Labute approximate surface area is 135 Å². The number of hydrogen-bond donors (Lipinski definition) is 2. The third-order valence-corrected chi connectivity index (χ3v) is 4.30. The summed E-state index contributed by atoms with van der Waals surface area (Å²) >= 11 is 0. The lowest BCUT2D eigenvalue weighted by molar-refractivity contribution is -0.126. The van der Waals surface area contributed by atoms with Crippen molar-refractivity contribution in [1.82, 2.24) is 10.6 Å². The fourth-order valence-electron chi connectivity index (χ4n) is 2.90. The van der Waals surface area contributed by atoms with Gasteiger partial charge < -0.3 is 10.6 Å². The van der Waals surface area contributed by atoms with Crippen LogP contribution in [0.1, 0.15) is 78.6 Å². The van der Waals surface area contributed by atoms with Crippen LogP contribution in [0.2, 0.25) is 0 Å². The maximum atomic E-state index is 11.9. The molecule has 0 aromatic rings. The standard InChI is InChI=1S/C18H34N2O2/c1-18(2,3)12-7-8-13-19-16(21)11-14-20-17(22)15-9-5-4-6-10-15/h15H,4-14H2,1-3H3,(H,19,21)(H,20,22). The second-order valence-corrected chi connectivity index (χ2v) is 7.74. The zero-order chi connectivity index (χ0) is 16.4. The second-order valence-electron chi connectivity index (χ2n) is 7.74. The Balaban J connectivity index is 2.00. The minimum atomic E-state index is 0.0414. The fourth-order valence-corrected chi connectivity index (χ4v) is 2.90. The highest BCUT2D eigenvalue weighted by molar-refractivity contribution is 5.80. The Morgan fingerprint density at radius 2 is 1.64 bits per heavy atom. The summed E-state index contributed by atoms with van der Waals surface area (Å²) in [7, 11) is 0. The van der Waals surface area contributed by atoms with Gasteiger partial charge in [0.15, 0.2) is 0 Å². The van der Waals surface area contributed by atoms with E-state index in [2.05, 4.69) is 31.4 Å². The predicted molar refractivity (Wildman–Crippen MR) is 90.5 cm³/mol. The van der Waals surface area contributed by atoms with Gasteiger partial charge in [0, 0.05) is 25.4 Å². The van der Waals surface area contributed by atoms with E-state index in [9.17, 15) is 9.59 Å². The van der Waals surface area contributed by atoms with Crippen LogP contribution in [-0.4, -0.2) is 24.9 Å².